The molecule has 128 valence electrons. The Kier molecular flexibility index (Phi) is 6.26. The molecule has 6 nitrogen and oxygen atoms in total. The number of halogens is 2. The topological polar surface area (TPSA) is 80.8 Å². The highest BCUT2D eigenvalue weighted by Gasteiger charge is 2.34. The molecule has 0 saturated carbocycles. The smallest absolute Gasteiger partial charge is 0.348 e. The van der Waals surface area contributed by atoms with E-state index in [1.807, 2.05) is 0 Å². The molecule has 1 atom stereocenters. The maximum absolute atomic E-state index is 12.2. The van der Waals surface area contributed by atoms with Gasteiger partial charge in [0.15, 0.2) is 16.4 Å². The van der Waals surface area contributed by atoms with E-state index >= 15 is 0 Å². The molecule has 0 N–H and O–H groups in total. The number of hydrogen-bond acceptors (Lipinski definition) is 6. The van der Waals surface area contributed by atoms with Crippen molar-refractivity contribution in [1.29, 1.82) is 0 Å². The molecule has 2 rings (SSSR count). The molecule has 1 aliphatic rings. The molecule has 0 unspecified atom stereocenters. The number of rotatable bonds is 5. The molecule has 2 heterocycles. The van der Waals surface area contributed by atoms with Gasteiger partial charge in [-0.15, -0.1) is 11.3 Å². The van der Waals surface area contributed by atoms with E-state index in [0.29, 0.717) is 17.8 Å². The van der Waals surface area contributed by atoms with Gasteiger partial charge in [-0.2, -0.15) is 0 Å². The number of likely N-dealkylation sites (N-methyl/N-ethyl adjacent to an activating group) is 1. The van der Waals surface area contributed by atoms with Gasteiger partial charge in [0, 0.05) is 17.1 Å². The first-order valence-electron chi connectivity index (χ1n) is 6.85. The van der Waals surface area contributed by atoms with Crippen molar-refractivity contribution >= 4 is 64.9 Å². The number of carbonyl (C=O) groups excluding carboxylic acids is 2. The highest BCUT2D eigenvalue weighted by atomic mass is 79.9. The normalized spacial score (nSPS) is 19.5. The Morgan fingerprint density at radius 2 is 2.13 bits per heavy atom. The van der Waals surface area contributed by atoms with Crippen molar-refractivity contribution in [2.45, 2.75) is 19.4 Å². The van der Waals surface area contributed by atoms with E-state index < -0.39 is 22.4 Å². The number of esters is 1. The lowest BCUT2D eigenvalue weighted by Gasteiger charge is -2.26. The summed E-state index contributed by atoms with van der Waals surface area (Å²) in [4.78, 5) is 26.0. The quantitative estimate of drug-likeness (QED) is 0.594. The molecule has 1 fully saturated rings. The molecule has 0 spiro atoms. The van der Waals surface area contributed by atoms with Crippen LogP contribution in [0.5, 0.6) is 0 Å². The predicted octanol–water partition coefficient (Wildman–Crippen LogP) is 2.47. The van der Waals surface area contributed by atoms with Crippen molar-refractivity contribution in [2.24, 2.45) is 0 Å². The zero-order valence-electron chi connectivity index (χ0n) is 12.3. The Labute approximate surface area is 155 Å². The van der Waals surface area contributed by atoms with Gasteiger partial charge in [0.25, 0.3) is 5.91 Å². The summed E-state index contributed by atoms with van der Waals surface area (Å²) in [6.07, 6.45) is 0.431. The molecular weight excluding hydrogens is 474 g/mol. The van der Waals surface area contributed by atoms with E-state index in [0.717, 1.165) is 8.26 Å². The first-order chi connectivity index (χ1) is 10.7. The number of thiophene rings is 1. The highest BCUT2D eigenvalue weighted by Crippen LogP contribution is 2.32. The number of amides is 1. The van der Waals surface area contributed by atoms with Crippen LogP contribution in [0.3, 0.4) is 0 Å². The third-order valence-electron chi connectivity index (χ3n) is 3.48. The largest absolute Gasteiger partial charge is 0.451 e. The Bertz CT molecular complexity index is 696. The van der Waals surface area contributed by atoms with Crippen LogP contribution in [-0.2, 0) is 19.4 Å². The fraction of sp³-hybridized carbons (Fsp3) is 0.538. The second-order valence-corrected chi connectivity index (χ2v) is 10.5. The summed E-state index contributed by atoms with van der Waals surface area (Å²) in [6.45, 7) is 1.77. The van der Waals surface area contributed by atoms with Crippen molar-refractivity contribution in [2.75, 3.05) is 24.7 Å². The number of ether oxygens (including phenoxy) is 1. The molecule has 10 heteroatoms. The van der Waals surface area contributed by atoms with Crippen molar-refractivity contribution < 1.29 is 22.7 Å². The van der Waals surface area contributed by atoms with Crippen molar-refractivity contribution in [3.8, 4) is 0 Å². The molecule has 23 heavy (non-hydrogen) atoms. The Morgan fingerprint density at radius 1 is 1.43 bits per heavy atom. The van der Waals surface area contributed by atoms with E-state index in [1.165, 1.54) is 16.2 Å². The Hall–Kier alpha value is -0.450. The molecular formula is C13H15Br2NO5S2. The second kappa shape index (κ2) is 7.62. The van der Waals surface area contributed by atoms with E-state index in [9.17, 15) is 18.0 Å². The van der Waals surface area contributed by atoms with Crippen molar-refractivity contribution in [3.05, 3.63) is 19.2 Å². The minimum Gasteiger partial charge on any atom is -0.451 e. The molecule has 1 aliphatic heterocycles. The lowest BCUT2D eigenvalue weighted by atomic mass is 10.2. The average Bonchev–Trinajstić information content (AvgIpc) is 3.00. The highest BCUT2D eigenvalue weighted by molar-refractivity contribution is 9.13. The summed E-state index contributed by atoms with van der Waals surface area (Å²) in [7, 11) is -3.07. The summed E-state index contributed by atoms with van der Waals surface area (Å²) in [5.41, 5.74) is 0. The summed E-state index contributed by atoms with van der Waals surface area (Å²) in [5, 5.41) is 0. The van der Waals surface area contributed by atoms with Gasteiger partial charge in [-0.05, 0) is 51.3 Å². The van der Waals surface area contributed by atoms with Gasteiger partial charge in [0.1, 0.15) is 4.88 Å². The van der Waals surface area contributed by atoms with Crippen LogP contribution in [-0.4, -0.2) is 55.9 Å². The van der Waals surface area contributed by atoms with Gasteiger partial charge >= 0.3 is 5.97 Å². The van der Waals surface area contributed by atoms with Gasteiger partial charge in [0.05, 0.1) is 15.3 Å². The fourth-order valence-corrected chi connectivity index (χ4v) is 6.05. The van der Waals surface area contributed by atoms with Crippen LogP contribution in [0.25, 0.3) is 0 Å². The third kappa shape index (κ3) is 4.77. The molecule has 1 aromatic rings. The second-order valence-electron chi connectivity index (χ2n) is 5.05. The van der Waals surface area contributed by atoms with Crippen LogP contribution in [0.1, 0.15) is 23.0 Å². The maximum Gasteiger partial charge on any atom is 0.348 e. The van der Waals surface area contributed by atoms with Gasteiger partial charge in [-0.3, -0.25) is 4.79 Å². The molecule has 0 bridgehead atoms. The van der Waals surface area contributed by atoms with E-state index in [2.05, 4.69) is 31.9 Å². The van der Waals surface area contributed by atoms with Gasteiger partial charge in [0.2, 0.25) is 0 Å². The van der Waals surface area contributed by atoms with Gasteiger partial charge in [-0.1, -0.05) is 0 Å². The SMILES string of the molecule is CCN(C(=O)COC(=O)c1cc(Br)c(Br)s1)[C@@H]1CCS(=O)(=O)C1. The lowest BCUT2D eigenvalue weighted by Crippen LogP contribution is -2.43. The number of hydrogen-bond donors (Lipinski definition) is 0. The fourth-order valence-electron chi connectivity index (χ4n) is 2.39. The Balaban J connectivity index is 1.93. The zero-order valence-corrected chi connectivity index (χ0v) is 17.1. The standard InChI is InChI=1S/C13H15Br2NO5S2/c1-2-16(8-3-4-23(19,20)7-8)11(17)6-21-13(18)10-5-9(14)12(15)22-10/h5,8H,2-4,6-7H2,1H3/t8-/m1/s1. The van der Waals surface area contributed by atoms with E-state index in [-0.39, 0.29) is 23.5 Å². The van der Waals surface area contributed by atoms with Crippen LogP contribution in [0.4, 0.5) is 0 Å². The van der Waals surface area contributed by atoms with Gasteiger partial charge < -0.3 is 9.64 Å². The van der Waals surface area contributed by atoms with E-state index in [4.69, 9.17) is 4.74 Å². The molecule has 0 aromatic carbocycles. The van der Waals surface area contributed by atoms with Crippen molar-refractivity contribution in [1.82, 2.24) is 4.90 Å². The number of carbonyl (C=O) groups is 2. The van der Waals surface area contributed by atoms with Crippen LogP contribution in [0.2, 0.25) is 0 Å². The van der Waals surface area contributed by atoms with Crippen LogP contribution in [0, 0.1) is 0 Å². The predicted molar refractivity (Wildman–Crippen MR) is 94.4 cm³/mol. The first kappa shape index (κ1) is 18.9. The summed E-state index contributed by atoms with van der Waals surface area (Å²) >= 11 is 7.77. The maximum atomic E-state index is 12.2. The van der Waals surface area contributed by atoms with E-state index in [1.54, 1.807) is 13.0 Å². The first-order valence-corrected chi connectivity index (χ1v) is 11.1. The Morgan fingerprint density at radius 3 is 2.61 bits per heavy atom. The molecule has 1 aromatic heterocycles. The molecule has 1 saturated heterocycles. The van der Waals surface area contributed by atoms with Crippen LogP contribution < -0.4 is 0 Å². The molecule has 0 aliphatic carbocycles. The van der Waals surface area contributed by atoms with Gasteiger partial charge in [-0.25, -0.2) is 13.2 Å². The number of sulfone groups is 1. The minimum absolute atomic E-state index is 0.0225. The zero-order chi connectivity index (χ0) is 17.2. The molecule has 0 radical (unpaired) electrons. The van der Waals surface area contributed by atoms with Crippen molar-refractivity contribution in [3.63, 3.8) is 0 Å². The monoisotopic (exact) mass is 487 g/mol. The number of nitrogens with zero attached hydrogens (tertiary/aromatic N) is 1. The third-order valence-corrected chi connectivity index (χ3v) is 8.47. The summed E-state index contributed by atoms with van der Waals surface area (Å²) < 4.78 is 29.6. The van der Waals surface area contributed by atoms with Crippen LogP contribution in [0.15, 0.2) is 14.3 Å². The average molecular weight is 489 g/mol. The molecule has 1 amide bonds. The van der Waals surface area contributed by atoms with Crippen LogP contribution >= 0.6 is 43.2 Å². The summed E-state index contributed by atoms with van der Waals surface area (Å²) in [5.74, 6) is -0.883. The lowest BCUT2D eigenvalue weighted by molar-refractivity contribution is -0.136. The minimum atomic E-state index is -3.07. The summed E-state index contributed by atoms with van der Waals surface area (Å²) in [6, 6.07) is 1.28.